The molecule has 4 aromatic heterocycles. The first-order valence-electron chi connectivity index (χ1n) is 10.8. The molecule has 2 aromatic carbocycles. The molecule has 0 atom stereocenters. The van der Waals surface area contributed by atoms with E-state index in [0.29, 0.717) is 23.8 Å². The molecule has 6 aromatic rings. The Labute approximate surface area is 198 Å². The van der Waals surface area contributed by atoms with Gasteiger partial charge in [-0.25, -0.2) is 14.1 Å². The van der Waals surface area contributed by atoms with Crippen LogP contribution in [0.5, 0.6) is 0 Å². The van der Waals surface area contributed by atoms with Crippen LogP contribution >= 0.6 is 0 Å². The lowest BCUT2D eigenvalue weighted by Crippen LogP contribution is -2.02. The van der Waals surface area contributed by atoms with Gasteiger partial charge in [0.05, 0.1) is 6.33 Å². The molecule has 0 fully saturated rings. The van der Waals surface area contributed by atoms with Gasteiger partial charge >= 0.3 is 0 Å². The predicted molar refractivity (Wildman–Crippen MR) is 125 cm³/mol. The molecule has 0 amide bonds. The summed E-state index contributed by atoms with van der Waals surface area (Å²) in [6, 6.07) is 17.8. The van der Waals surface area contributed by atoms with E-state index in [2.05, 4.69) is 30.4 Å². The van der Waals surface area contributed by atoms with Gasteiger partial charge in [-0.1, -0.05) is 46.8 Å². The van der Waals surface area contributed by atoms with Crippen molar-refractivity contribution in [2.45, 2.75) is 6.54 Å². The standard InChI is InChI=1S/C25H17FN8O/c26-20-3-1-2-4-21(20)34-23(18-9-11-27-12-10-18)22(30-32-34)25-29-24(31-35-25)19-7-5-17(6-8-19)15-33-14-13-28-16-33/h1-14,16H,15H2. The van der Waals surface area contributed by atoms with E-state index in [4.69, 9.17) is 4.52 Å². The number of benzene rings is 2. The lowest BCUT2D eigenvalue weighted by molar-refractivity contribution is 0.431. The third kappa shape index (κ3) is 3.97. The third-order valence-corrected chi connectivity index (χ3v) is 5.47. The summed E-state index contributed by atoms with van der Waals surface area (Å²) in [6.07, 6.45) is 8.71. The summed E-state index contributed by atoms with van der Waals surface area (Å²) < 4.78 is 23.6. The van der Waals surface area contributed by atoms with Gasteiger partial charge in [-0.05, 0) is 29.8 Å². The normalized spacial score (nSPS) is 11.1. The van der Waals surface area contributed by atoms with Gasteiger partial charge in [-0.2, -0.15) is 4.98 Å². The molecule has 0 bridgehead atoms. The SMILES string of the molecule is Fc1ccccc1-n1nnc(-c2nc(-c3ccc(Cn4ccnc4)cc3)no2)c1-c1ccncc1. The number of imidazole rings is 1. The molecule has 0 unspecified atom stereocenters. The number of hydrogen-bond donors (Lipinski definition) is 0. The highest BCUT2D eigenvalue weighted by Gasteiger charge is 2.24. The minimum Gasteiger partial charge on any atom is -0.333 e. The monoisotopic (exact) mass is 464 g/mol. The molecule has 6 rings (SSSR count). The number of nitrogens with zero attached hydrogens (tertiary/aromatic N) is 8. The predicted octanol–water partition coefficient (Wildman–Crippen LogP) is 4.43. The molecule has 0 aliphatic heterocycles. The largest absolute Gasteiger partial charge is 0.333 e. The van der Waals surface area contributed by atoms with Crippen LogP contribution in [0.25, 0.3) is 39.9 Å². The summed E-state index contributed by atoms with van der Waals surface area (Å²) in [5.74, 6) is 0.161. The van der Waals surface area contributed by atoms with Gasteiger partial charge in [-0.3, -0.25) is 4.98 Å². The molecule has 10 heteroatoms. The number of para-hydroxylation sites is 1. The Morgan fingerprint density at radius 1 is 0.857 bits per heavy atom. The minimum atomic E-state index is -0.429. The second-order valence-electron chi connectivity index (χ2n) is 7.74. The Hall–Kier alpha value is -4.99. The summed E-state index contributed by atoms with van der Waals surface area (Å²) in [5.41, 5.74) is 3.75. The van der Waals surface area contributed by atoms with Gasteiger partial charge in [0.1, 0.15) is 17.2 Å². The smallest absolute Gasteiger partial charge is 0.281 e. The Morgan fingerprint density at radius 2 is 1.69 bits per heavy atom. The van der Waals surface area contributed by atoms with Gasteiger partial charge in [0.15, 0.2) is 5.69 Å². The topological polar surface area (TPSA) is 100 Å². The fraction of sp³-hybridized carbons (Fsp3) is 0.0400. The Kier molecular flexibility index (Phi) is 5.15. The summed E-state index contributed by atoms with van der Waals surface area (Å²) in [5, 5.41) is 12.6. The Bertz CT molecular complexity index is 1570. The van der Waals surface area contributed by atoms with Crippen molar-refractivity contribution in [1.29, 1.82) is 0 Å². The lowest BCUT2D eigenvalue weighted by atomic mass is 10.1. The van der Waals surface area contributed by atoms with Crippen LogP contribution in [0.1, 0.15) is 5.56 Å². The zero-order valence-corrected chi connectivity index (χ0v) is 18.2. The zero-order valence-electron chi connectivity index (χ0n) is 18.2. The van der Waals surface area contributed by atoms with Crippen LogP contribution in [0.2, 0.25) is 0 Å². The van der Waals surface area contributed by atoms with Gasteiger partial charge in [-0.15, -0.1) is 5.10 Å². The average molecular weight is 464 g/mol. The molecule has 0 aliphatic rings. The van der Waals surface area contributed by atoms with E-state index >= 15 is 0 Å². The van der Waals surface area contributed by atoms with E-state index < -0.39 is 5.82 Å². The molecule has 9 nitrogen and oxygen atoms in total. The van der Waals surface area contributed by atoms with Crippen LogP contribution in [0.3, 0.4) is 0 Å². The van der Waals surface area contributed by atoms with Gasteiger partial charge in [0, 0.05) is 42.5 Å². The summed E-state index contributed by atoms with van der Waals surface area (Å²) in [6.45, 7) is 0.715. The molecule has 0 radical (unpaired) electrons. The van der Waals surface area contributed by atoms with E-state index in [1.807, 2.05) is 35.0 Å². The quantitative estimate of drug-likeness (QED) is 0.359. The third-order valence-electron chi connectivity index (χ3n) is 5.47. The molecule has 0 N–H and O–H groups in total. The highest BCUT2D eigenvalue weighted by Crippen LogP contribution is 2.32. The number of aromatic nitrogens is 8. The van der Waals surface area contributed by atoms with E-state index in [9.17, 15) is 4.39 Å². The summed E-state index contributed by atoms with van der Waals surface area (Å²) >= 11 is 0. The van der Waals surface area contributed by atoms with E-state index in [1.165, 1.54) is 10.7 Å². The van der Waals surface area contributed by atoms with Crippen molar-refractivity contribution in [3.8, 4) is 39.9 Å². The second-order valence-corrected chi connectivity index (χ2v) is 7.74. The van der Waals surface area contributed by atoms with E-state index in [1.54, 1.807) is 55.2 Å². The Morgan fingerprint density at radius 3 is 2.46 bits per heavy atom. The maximum Gasteiger partial charge on any atom is 0.281 e. The molecule has 0 aliphatic carbocycles. The van der Waals surface area contributed by atoms with Gasteiger partial charge in [0.2, 0.25) is 5.82 Å². The van der Waals surface area contributed by atoms with Crippen LogP contribution < -0.4 is 0 Å². The van der Waals surface area contributed by atoms with Crippen LogP contribution in [0.4, 0.5) is 4.39 Å². The first kappa shape index (κ1) is 20.6. The van der Waals surface area contributed by atoms with Crippen LogP contribution in [0.15, 0.2) is 96.3 Å². The van der Waals surface area contributed by atoms with Crippen molar-refractivity contribution in [3.05, 3.63) is 103 Å². The first-order valence-corrected chi connectivity index (χ1v) is 10.8. The van der Waals surface area contributed by atoms with Gasteiger partial charge in [0.25, 0.3) is 5.89 Å². The molecule has 4 heterocycles. The van der Waals surface area contributed by atoms with E-state index in [-0.39, 0.29) is 11.6 Å². The average Bonchev–Trinajstić information content (AvgIpc) is 3.66. The summed E-state index contributed by atoms with van der Waals surface area (Å²) in [4.78, 5) is 12.7. The van der Waals surface area contributed by atoms with E-state index in [0.717, 1.165) is 16.7 Å². The van der Waals surface area contributed by atoms with Crippen molar-refractivity contribution in [3.63, 3.8) is 0 Å². The zero-order chi connectivity index (χ0) is 23.6. The Balaban J connectivity index is 1.37. The van der Waals surface area contributed by atoms with Gasteiger partial charge < -0.3 is 9.09 Å². The highest BCUT2D eigenvalue weighted by atomic mass is 19.1. The molecular formula is C25H17FN8O. The van der Waals surface area contributed by atoms with Crippen LogP contribution in [-0.4, -0.2) is 39.7 Å². The van der Waals surface area contributed by atoms with Crippen molar-refractivity contribution in [2.75, 3.05) is 0 Å². The number of halogens is 1. The molecular weight excluding hydrogens is 447 g/mol. The lowest BCUT2D eigenvalue weighted by Gasteiger charge is -2.08. The number of hydrogen-bond acceptors (Lipinski definition) is 7. The fourth-order valence-corrected chi connectivity index (χ4v) is 3.77. The molecule has 0 saturated heterocycles. The van der Waals surface area contributed by atoms with Crippen molar-refractivity contribution < 1.29 is 8.91 Å². The van der Waals surface area contributed by atoms with Crippen LogP contribution in [0, 0.1) is 5.82 Å². The highest BCUT2D eigenvalue weighted by molar-refractivity contribution is 5.76. The number of pyridine rings is 1. The summed E-state index contributed by atoms with van der Waals surface area (Å²) in [7, 11) is 0. The fourth-order valence-electron chi connectivity index (χ4n) is 3.77. The molecule has 0 spiro atoms. The first-order chi connectivity index (χ1) is 17.3. The maximum atomic E-state index is 14.6. The second kappa shape index (κ2) is 8.75. The molecule has 0 saturated carbocycles. The van der Waals surface area contributed by atoms with Crippen molar-refractivity contribution in [2.24, 2.45) is 0 Å². The van der Waals surface area contributed by atoms with Crippen molar-refractivity contribution >= 4 is 0 Å². The molecule has 35 heavy (non-hydrogen) atoms. The number of rotatable bonds is 6. The minimum absolute atomic E-state index is 0.178. The molecule has 170 valence electrons. The van der Waals surface area contributed by atoms with Crippen molar-refractivity contribution in [1.82, 2.24) is 39.7 Å². The van der Waals surface area contributed by atoms with Crippen LogP contribution in [-0.2, 0) is 6.54 Å². The maximum absolute atomic E-state index is 14.6.